The molecule has 0 aliphatic carbocycles. The SMILES string of the molecule is CCCC(C)NS(=O)(=O)c1cc(CNCC)n(CCC)c1. The van der Waals surface area contributed by atoms with Gasteiger partial charge in [-0.05, 0) is 32.4 Å². The van der Waals surface area contributed by atoms with Gasteiger partial charge in [-0.15, -0.1) is 0 Å². The molecule has 1 atom stereocenters. The van der Waals surface area contributed by atoms with E-state index >= 15 is 0 Å². The molecule has 0 aromatic carbocycles. The molecule has 122 valence electrons. The van der Waals surface area contributed by atoms with Gasteiger partial charge in [0.15, 0.2) is 0 Å². The first kappa shape index (κ1) is 18.2. The molecule has 0 radical (unpaired) electrons. The summed E-state index contributed by atoms with van der Waals surface area (Å²) in [6.45, 7) is 10.5. The molecule has 1 aromatic heterocycles. The second kappa shape index (κ2) is 8.56. The van der Waals surface area contributed by atoms with Crippen molar-refractivity contribution in [3.8, 4) is 0 Å². The van der Waals surface area contributed by atoms with Gasteiger partial charge in [0.25, 0.3) is 0 Å². The molecular formula is C15H29N3O2S. The minimum Gasteiger partial charge on any atom is -0.349 e. The molecule has 0 aliphatic rings. The van der Waals surface area contributed by atoms with E-state index in [-0.39, 0.29) is 6.04 Å². The lowest BCUT2D eigenvalue weighted by Gasteiger charge is -2.12. The van der Waals surface area contributed by atoms with Crippen molar-refractivity contribution in [1.29, 1.82) is 0 Å². The predicted molar refractivity (Wildman–Crippen MR) is 86.8 cm³/mol. The van der Waals surface area contributed by atoms with Gasteiger partial charge in [0, 0.05) is 31.0 Å². The van der Waals surface area contributed by atoms with Crippen LogP contribution < -0.4 is 10.0 Å². The lowest BCUT2D eigenvalue weighted by Crippen LogP contribution is -2.32. The van der Waals surface area contributed by atoms with Gasteiger partial charge in [-0.3, -0.25) is 0 Å². The molecular weight excluding hydrogens is 286 g/mol. The lowest BCUT2D eigenvalue weighted by atomic mass is 10.2. The predicted octanol–water partition coefficient (Wildman–Crippen LogP) is 2.47. The van der Waals surface area contributed by atoms with Gasteiger partial charge in [-0.1, -0.05) is 27.2 Å². The fourth-order valence-electron chi connectivity index (χ4n) is 2.35. The van der Waals surface area contributed by atoms with Crippen molar-refractivity contribution >= 4 is 10.0 Å². The Morgan fingerprint density at radius 3 is 2.52 bits per heavy atom. The van der Waals surface area contributed by atoms with E-state index in [1.54, 1.807) is 12.3 Å². The number of rotatable bonds is 10. The molecule has 0 saturated heterocycles. The number of nitrogens with zero attached hydrogens (tertiary/aromatic N) is 1. The van der Waals surface area contributed by atoms with Gasteiger partial charge in [0.1, 0.15) is 0 Å². The van der Waals surface area contributed by atoms with Crippen LogP contribution in [0.2, 0.25) is 0 Å². The first-order valence-corrected chi connectivity index (χ1v) is 9.35. The van der Waals surface area contributed by atoms with Crippen molar-refractivity contribution in [2.75, 3.05) is 6.54 Å². The third-order valence-electron chi connectivity index (χ3n) is 3.37. The number of aryl methyl sites for hydroxylation is 1. The molecule has 0 amide bonds. The Labute approximate surface area is 129 Å². The molecule has 5 nitrogen and oxygen atoms in total. The number of hydrogen-bond donors (Lipinski definition) is 2. The molecule has 2 N–H and O–H groups in total. The summed E-state index contributed by atoms with van der Waals surface area (Å²) in [5.41, 5.74) is 1.02. The molecule has 0 fully saturated rings. The first-order valence-electron chi connectivity index (χ1n) is 7.86. The molecule has 0 bridgehead atoms. The third kappa shape index (κ3) is 5.45. The minimum atomic E-state index is -3.43. The average molecular weight is 315 g/mol. The number of aromatic nitrogens is 1. The maximum atomic E-state index is 12.4. The Morgan fingerprint density at radius 1 is 1.24 bits per heavy atom. The summed E-state index contributed by atoms with van der Waals surface area (Å²) in [6.07, 6.45) is 4.54. The Bertz CT molecular complexity index is 523. The van der Waals surface area contributed by atoms with E-state index in [9.17, 15) is 8.42 Å². The Morgan fingerprint density at radius 2 is 1.95 bits per heavy atom. The highest BCUT2D eigenvalue weighted by Crippen LogP contribution is 2.16. The monoisotopic (exact) mass is 315 g/mol. The third-order valence-corrected chi connectivity index (χ3v) is 4.93. The maximum Gasteiger partial charge on any atom is 0.242 e. The van der Waals surface area contributed by atoms with Gasteiger partial charge in [0.05, 0.1) is 4.90 Å². The number of hydrogen-bond acceptors (Lipinski definition) is 3. The van der Waals surface area contributed by atoms with Crippen LogP contribution in [0.15, 0.2) is 17.2 Å². The van der Waals surface area contributed by atoms with Crippen LogP contribution >= 0.6 is 0 Å². The molecule has 0 saturated carbocycles. The van der Waals surface area contributed by atoms with E-state index in [0.29, 0.717) is 11.4 Å². The van der Waals surface area contributed by atoms with Gasteiger partial charge >= 0.3 is 0 Å². The van der Waals surface area contributed by atoms with E-state index in [4.69, 9.17) is 0 Å². The molecule has 0 aliphatic heterocycles. The van der Waals surface area contributed by atoms with Crippen LogP contribution in [0.25, 0.3) is 0 Å². The van der Waals surface area contributed by atoms with E-state index in [1.165, 1.54) is 0 Å². The Kier molecular flexibility index (Phi) is 7.42. The van der Waals surface area contributed by atoms with Crippen molar-refractivity contribution in [1.82, 2.24) is 14.6 Å². The summed E-state index contributed by atoms with van der Waals surface area (Å²) in [5, 5.41) is 3.25. The van der Waals surface area contributed by atoms with Gasteiger partial charge in [-0.25, -0.2) is 13.1 Å². The molecule has 1 aromatic rings. The summed E-state index contributed by atoms with van der Waals surface area (Å²) < 4.78 is 29.6. The topological polar surface area (TPSA) is 63.1 Å². The molecule has 1 unspecified atom stereocenters. The van der Waals surface area contributed by atoms with Crippen LogP contribution in [0.1, 0.15) is 52.7 Å². The van der Waals surface area contributed by atoms with Crippen LogP contribution in [-0.4, -0.2) is 25.6 Å². The quantitative estimate of drug-likeness (QED) is 0.697. The second-order valence-electron chi connectivity index (χ2n) is 5.45. The molecule has 1 rings (SSSR count). The second-order valence-corrected chi connectivity index (χ2v) is 7.17. The zero-order chi connectivity index (χ0) is 15.9. The fourth-order valence-corrected chi connectivity index (χ4v) is 3.69. The smallest absolute Gasteiger partial charge is 0.242 e. The van der Waals surface area contributed by atoms with Crippen LogP contribution in [0, 0.1) is 0 Å². The van der Waals surface area contributed by atoms with Crippen LogP contribution in [0.4, 0.5) is 0 Å². The van der Waals surface area contributed by atoms with Crippen molar-refractivity contribution in [3.05, 3.63) is 18.0 Å². The van der Waals surface area contributed by atoms with Crippen LogP contribution in [0.3, 0.4) is 0 Å². The lowest BCUT2D eigenvalue weighted by molar-refractivity contribution is 0.543. The largest absolute Gasteiger partial charge is 0.349 e. The number of sulfonamides is 1. The van der Waals surface area contributed by atoms with Crippen molar-refractivity contribution in [3.63, 3.8) is 0 Å². The van der Waals surface area contributed by atoms with E-state index in [0.717, 1.165) is 38.0 Å². The maximum absolute atomic E-state index is 12.4. The summed E-state index contributed by atoms with van der Waals surface area (Å²) in [7, 11) is -3.43. The van der Waals surface area contributed by atoms with E-state index in [2.05, 4.69) is 23.9 Å². The standard InChI is InChI=1S/C15H29N3O2S/c1-5-8-13(4)17-21(19,20)15-10-14(11-16-7-3)18(12-15)9-6-2/h10,12-13,16-17H,5-9,11H2,1-4H3. The van der Waals surface area contributed by atoms with E-state index in [1.807, 2.05) is 18.4 Å². The van der Waals surface area contributed by atoms with E-state index < -0.39 is 10.0 Å². The highest BCUT2D eigenvalue weighted by atomic mass is 32.2. The Hall–Kier alpha value is -0.850. The zero-order valence-corrected chi connectivity index (χ0v) is 14.5. The van der Waals surface area contributed by atoms with Crippen molar-refractivity contribution < 1.29 is 8.42 Å². The molecule has 21 heavy (non-hydrogen) atoms. The first-order chi connectivity index (χ1) is 9.94. The van der Waals surface area contributed by atoms with Crippen molar-refractivity contribution in [2.45, 2.75) is 71.0 Å². The van der Waals surface area contributed by atoms with Crippen LogP contribution in [-0.2, 0) is 23.1 Å². The Balaban J connectivity index is 2.95. The summed E-state index contributed by atoms with van der Waals surface area (Å²) in [6, 6.07) is 1.74. The zero-order valence-electron chi connectivity index (χ0n) is 13.6. The highest BCUT2D eigenvalue weighted by molar-refractivity contribution is 7.89. The molecule has 0 spiro atoms. The molecule has 6 heteroatoms. The normalized spacial score (nSPS) is 13.5. The average Bonchev–Trinajstić information content (AvgIpc) is 2.80. The summed E-state index contributed by atoms with van der Waals surface area (Å²) in [4.78, 5) is 0.367. The summed E-state index contributed by atoms with van der Waals surface area (Å²) in [5.74, 6) is 0. The van der Waals surface area contributed by atoms with Gasteiger partial charge in [-0.2, -0.15) is 0 Å². The van der Waals surface area contributed by atoms with Gasteiger partial charge < -0.3 is 9.88 Å². The number of nitrogens with one attached hydrogen (secondary N) is 2. The minimum absolute atomic E-state index is 0.0354. The van der Waals surface area contributed by atoms with Crippen LogP contribution in [0.5, 0.6) is 0 Å². The highest BCUT2D eigenvalue weighted by Gasteiger charge is 2.20. The van der Waals surface area contributed by atoms with Crippen molar-refractivity contribution in [2.24, 2.45) is 0 Å². The molecule has 1 heterocycles. The fraction of sp³-hybridized carbons (Fsp3) is 0.733. The summed E-state index contributed by atoms with van der Waals surface area (Å²) >= 11 is 0. The van der Waals surface area contributed by atoms with Gasteiger partial charge in [0.2, 0.25) is 10.0 Å².